The van der Waals surface area contributed by atoms with Crippen molar-refractivity contribution in [1.29, 1.82) is 0 Å². The van der Waals surface area contributed by atoms with E-state index in [1.807, 2.05) is 41.1 Å². The van der Waals surface area contributed by atoms with Gasteiger partial charge < -0.3 is 15.0 Å². The number of rotatable bonds is 7. The zero-order valence-corrected chi connectivity index (χ0v) is 18.2. The maximum Gasteiger partial charge on any atom is 0.242 e. The van der Waals surface area contributed by atoms with Crippen molar-refractivity contribution >= 4 is 23.2 Å². The molecule has 1 aromatic carbocycles. The fraction of sp³-hybridized carbons (Fsp3) is 0.500. The first-order valence-electron chi connectivity index (χ1n) is 11.0. The summed E-state index contributed by atoms with van der Waals surface area (Å²) in [7, 11) is 0. The van der Waals surface area contributed by atoms with E-state index in [-0.39, 0.29) is 11.8 Å². The van der Waals surface area contributed by atoms with Crippen LogP contribution >= 0.6 is 11.3 Å². The third-order valence-corrected chi connectivity index (χ3v) is 6.73. The van der Waals surface area contributed by atoms with E-state index in [0.717, 1.165) is 42.6 Å². The van der Waals surface area contributed by atoms with Crippen molar-refractivity contribution in [2.75, 3.05) is 6.54 Å². The number of ether oxygens (including phenoxy) is 1. The van der Waals surface area contributed by atoms with Crippen molar-refractivity contribution in [1.82, 2.24) is 10.2 Å². The van der Waals surface area contributed by atoms with E-state index < -0.39 is 6.04 Å². The van der Waals surface area contributed by atoms with Gasteiger partial charge in [-0.15, -0.1) is 0 Å². The number of amides is 2. The van der Waals surface area contributed by atoms with Crippen molar-refractivity contribution in [2.45, 2.75) is 70.1 Å². The molecule has 1 aliphatic carbocycles. The molecule has 160 valence electrons. The Morgan fingerprint density at radius 3 is 2.73 bits per heavy atom. The second-order valence-corrected chi connectivity index (χ2v) is 9.08. The number of carbonyl (C=O) groups excluding carboxylic acids is 2. The highest BCUT2D eigenvalue weighted by atomic mass is 32.1. The van der Waals surface area contributed by atoms with Crippen molar-refractivity contribution in [3.8, 4) is 5.75 Å². The fourth-order valence-corrected chi connectivity index (χ4v) is 5.04. The number of carbonyl (C=O) groups is 2. The van der Waals surface area contributed by atoms with Gasteiger partial charge in [0.1, 0.15) is 11.8 Å². The Morgan fingerprint density at radius 2 is 1.93 bits per heavy atom. The average molecular weight is 427 g/mol. The van der Waals surface area contributed by atoms with Crippen LogP contribution in [-0.2, 0) is 22.6 Å². The maximum atomic E-state index is 13.3. The van der Waals surface area contributed by atoms with Crippen molar-refractivity contribution in [2.24, 2.45) is 0 Å². The summed E-state index contributed by atoms with van der Waals surface area (Å²) in [5, 5.41) is 6.96. The van der Waals surface area contributed by atoms with E-state index in [9.17, 15) is 9.59 Å². The zero-order valence-electron chi connectivity index (χ0n) is 17.3. The molecule has 1 saturated carbocycles. The normalized spacial score (nSPS) is 19.9. The van der Waals surface area contributed by atoms with Gasteiger partial charge in [0.2, 0.25) is 11.8 Å². The Bertz CT molecular complexity index is 846. The number of thiophene rings is 1. The predicted octanol–water partition coefficient (Wildman–Crippen LogP) is 4.31. The molecule has 30 heavy (non-hydrogen) atoms. The minimum absolute atomic E-state index is 0.00226. The van der Waals surface area contributed by atoms with Crippen LogP contribution < -0.4 is 10.1 Å². The van der Waals surface area contributed by atoms with Gasteiger partial charge in [-0.25, -0.2) is 0 Å². The summed E-state index contributed by atoms with van der Waals surface area (Å²) in [6.07, 6.45) is 7.90. The number of benzene rings is 1. The molecule has 4 rings (SSSR count). The molecule has 0 spiro atoms. The first kappa shape index (κ1) is 20.9. The molecule has 1 saturated heterocycles. The molecule has 2 amide bonds. The van der Waals surface area contributed by atoms with Gasteiger partial charge in [-0.2, -0.15) is 11.3 Å². The van der Waals surface area contributed by atoms with Crippen LogP contribution in [0.25, 0.3) is 0 Å². The van der Waals surface area contributed by atoms with E-state index in [1.54, 1.807) is 16.2 Å². The van der Waals surface area contributed by atoms with Crippen molar-refractivity contribution in [3.05, 3.63) is 52.2 Å². The lowest BCUT2D eigenvalue weighted by atomic mass is 10.1. The summed E-state index contributed by atoms with van der Waals surface area (Å²) < 4.78 is 6.15. The monoisotopic (exact) mass is 426 g/mol. The lowest BCUT2D eigenvalue weighted by Gasteiger charge is -2.30. The third kappa shape index (κ3) is 5.42. The van der Waals surface area contributed by atoms with Gasteiger partial charge in [-0.3, -0.25) is 9.59 Å². The zero-order chi connectivity index (χ0) is 20.8. The smallest absolute Gasteiger partial charge is 0.242 e. The van der Waals surface area contributed by atoms with Crippen LogP contribution in [0, 0.1) is 0 Å². The highest BCUT2D eigenvalue weighted by Crippen LogP contribution is 2.26. The molecular weight excluding hydrogens is 396 g/mol. The molecule has 1 aromatic heterocycles. The van der Waals surface area contributed by atoms with Crippen LogP contribution in [0.2, 0.25) is 0 Å². The molecule has 1 atom stereocenters. The highest BCUT2D eigenvalue weighted by Gasteiger charge is 2.31. The molecule has 1 aliphatic heterocycles. The van der Waals surface area contributed by atoms with Crippen LogP contribution in [0.4, 0.5) is 0 Å². The standard InChI is InChI=1S/C24H30N2O3S/c27-23(15-19-11-13-30-17-19)26(22-10-3-4-12-25-24(22)28)16-18-6-5-9-21(14-18)29-20-7-1-2-8-20/h5-6,9,11,13-14,17,20,22H,1-4,7-8,10,12,15-16H2,(H,25,28)/t22-/m0/s1. The molecule has 2 fully saturated rings. The molecule has 0 radical (unpaired) electrons. The average Bonchev–Trinajstić information content (AvgIpc) is 3.40. The summed E-state index contributed by atoms with van der Waals surface area (Å²) in [5.41, 5.74) is 2.00. The number of hydrogen-bond acceptors (Lipinski definition) is 4. The Balaban J connectivity index is 1.52. The molecule has 1 N–H and O–H groups in total. The van der Waals surface area contributed by atoms with Gasteiger partial charge >= 0.3 is 0 Å². The van der Waals surface area contributed by atoms with Gasteiger partial charge in [-0.1, -0.05) is 12.1 Å². The Kier molecular flexibility index (Phi) is 7.05. The van der Waals surface area contributed by atoms with Crippen LogP contribution in [0.3, 0.4) is 0 Å². The molecule has 5 nitrogen and oxygen atoms in total. The van der Waals surface area contributed by atoms with E-state index >= 15 is 0 Å². The van der Waals surface area contributed by atoms with Gasteiger partial charge in [0, 0.05) is 13.1 Å². The molecule has 0 bridgehead atoms. The van der Waals surface area contributed by atoms with Crippen molar-refractivity contribution < 1.29 is 14.3 Å². The molecule has 0 unspecified atom stereocenters. The summed E-state index contributed by atoms with van der Waals surface area (Å²) in [4.78, 5) is 27.7. The SMILES string of the molecule is O=C1NCCCC[C@@H]1N(Cc1cccc(OC2CCCC2)c1)C(=O)Cc1ccsc1. The molecule has 6 heteroatoms. The van der Waals surface area contributed by atoms with Crippen LogP contribution in [0.1, 0.15) is 56.1 Å². The Morgan fingerprint density at radius 1 is 1.10 bits per heavy atom. The first-order chi connectivity index (χ1) is 14.7. The van der Waals surface area contributed by atoms with E-state index in [4.69, 9.17) is 4.74 Å². The highest BCUT2D eigenvalue weighted by molar-refractivity contribution is 7.08. The second kappa shape index (κ2) is 10.1. The summed E-state index contributed by atoms with van der Waals surface area (Å²) in [5.74, 6) is 0.817. The lowest BCUT2D eigenvalue weighted by molar-refractivity contribution is -0.140. The van der Waals surface area contributed by atoms with E-state index in [2.05, 4.69) is 5.32 Å². The van der Waals surface area contributed by atoms with Gasteiger partial charge in [0.05, 0.1) is 12.5 Å². The quantitative estimate of drug-likeness (QED) is 0.718. The molecular formula is C24H30N2O3S. The first-order valence-corrected chi connectivity index (χ1v) is 12.0. The van der Waals surface area contributed by atoms with Crippen LogP contribution in [0.5, 0.6) is 5.75 Å². The Labute approximate surface area is 182 Å². The van der Waals surface area contributed by atoms with Gasteiger partial charge in [-0.05, 0) is 85.0 Å². The second-order valence-electron chi connectivity index (χ2n) is 8.30. The minimum Gasteiger partial charge on any atom is -0.490 e. The minimum atomic E-state index is -0.418. The topological polar surface area (TPSA) is 58.6 Å². The molecule has 2 aliphatic rings. The van der Waals surface area contributed by atoms with E-state index in [1.165, 1.54) is 12.8 Å². The number of nitrogens with zero attached hydrogens (tertiary/aromatic N) is 1. The van der Waals surface area contributed by atoms with E-state index in [0.29, 0.717) is 32.0 Å². The van der Waals surface area contributed by atoms with Crippen LogP contribution in [0.15, 0.2) is 41.1 Å². The van der Waals surface area contributed by atoms with Gasteiger partial charge in [0.25, 0.3) is 0 Å². The molecule has 2 aromatic rings. The summed E-state index contributed by atoms with van der Waals surface area (Å²) >= 11 is 1.59. The number of hydrogen-bond donors (Lipinski definition) is 1. The molecule has 2 heterocycles. The van der Waals surface area contributed by atoms with Crippen molar-refractivity contribution in [3.63, 3.8) is 0 Å². The van der Waals surface area contributed by atoms with Gasteiger partial charge in [0.15, 0.2) is 0 Å². The largest absolute Gasteiger partial charge is 0.490 e. The van der Waals surface area contributed by atoms with Crippen LogP contribution in [-0.4, -0.2) is 35.4 Å². The Hall–Kier alpha value is -2.34. The number of nitrogens with one attached hydrogen (secondary N) is 1. The summed E-state index contributed by atoms with van der Waals surface area (Å²) in [6.45, 7) is 1.11. The lowest BCUT2D eigenvalue weighted by Crippen LogP contribution is -2.48. The maximum absolute atomic E-state index is 13.3. The summed E-state index contributed by atoms with van der Waals surface area (Å²) in [6, 6.07) is 9.56. The fourth-order valence-electron chi connectivity index (χ4n) is 4.37. The third-order valence-electron chi connectivity index (χ3n) is 5.99. The predicted molar refractivity (Wildman–Crippen MR) is 119 cm³/mol.